The van der Waals surface area contributed by atoms with Gasteiger partial charge in [-0.1, -0.05) is 26.8 Å². The van der Waals surface area contributed by atoms with E-state index in [2.05, 4.69) is 20.1 Å². The lowest BCUT2D eigenvalue weighted by Crippen LogP contribution is -2.48. The Morgan fingerprint density at radius 1 is 1.06 bits per heavy atom. The Morgan fingerprint density at radius 2 is 1.81 bits per heavy atom. The van der Waals surface area contributed by atoms with Gasteiger partial charge >= 0.3 is 0 Å². The number of nitrogens with zero attached hydrogens (tertiary/aromatic N) is 6. The van der Waals surface area contributed by atoms with Gasteiger partial charge in [0.15, 0.2) is 0 Å². The SMILES string of the molecule is CC(C)(CN1CCC1)Oc1ccc(Cc2nn(-c3cccc(-n4ncc5cc(C(C)(C)C)cc(F)c5c4=O)c3CO)cc2C(N)=O)nc1. The number of hydrogen-bond acceptors (Lipinski definition) is 8. The molecule has 0 unspecified atom stereocenters. The number of aliphatic hydroxyl groups is 1. The van der Waals surface area contributed by atoms with Crippen molar-refractivity contribution in [3.05, 3.63) is 105 Å². The molecule has 5 aromatic rings. The molecule has 2 aromatic carbocycles. The first-order valence-electron chi connectivity index (χ1n) is 15.9. The van der Waals surface area contributed by atoms with E-state index in [9.17, 15) is 14.7 Å². The Hall–Kier alpha value is -4.94. The zero-order chi connectivity index (χ0) is 34.4. The van der Waals surface area contributed by atoms with Gasteiger partial charge in [0.1, 0.15) is 17.2 Å². The van der Waals surface area contributed by atoms with Crippen molar-refractivity contribution >= 4 is 16.7 Å². The Bertz CT molecular complexity index is 2060. The number of likely N-dealkylation sites (tertiary alicyclic amines) is 1. The summed E-state index contributed by atoms with van der Waals surface area (Å²) in [5.41, 5.74) is 7.26. The number of fused-ring (bicyclic) bond motifs is 1. The van der Waals surface area contributed by atoms with Crippen LogP contribution in [0.3, 0.4) is 0 Å². The third-order valence-electron chi connectivity index (χ3n) is 8.61. The van der Waals surface area contributed by atoms with Crippen LogP contribution in [0.4, 0.5) is 4.39 Å². The quantitative estimate of drug-likeness (QED) is 0.225. The minimum atomic E-state index is -0.678. The molecule has 0 aliphatic carbocycles. The molecule has 3 N–H and O–H groups in total. The van der Waals surface area contributed by atoms with Crippen molar-refractivity contribution in [2.45, 2.75) is 65.1 Å². The molecule has 12 heteroatoms. The summed E-state index contributed by atoms with van der Waals surface area (Å²) in [6, 6.07) is 11.8. The summed E-state index contributed by atoms with van der Waals surface area (Å²) in [7, 11) is 0. The minimum absolute atomic E-state index is 0.103. The molecule has 1 aliphatic rings. The third-order valence-corrected chi connectivity index (χ3v) is 8.61. The predicted molar refractivity (Wildman–Crippen MR) is 180 cm³/mol. The monoisotopic (exact) mass is 653 g/mol. The van der Waals surface area contributed by atoms with Crippen molar-refractivity contribution in [2.24, 2.45) is 5.73 Å². The van der Waals surface area contributed by atoms with Gasteiger partial charge in [0.05, 0.1) is 47.0 Å². The van der Waals surface area contributed by atoms with Gasteiger partial charge in [-0.3, -0.25) is 19.5 Å². The third kappa shape index (κ3) is 6.58. The molecule has 48 heavy (non-hydrogen) atoms. The largest absolute Gasteiger partial charge is 0.485 e. The summed E-state index contributed by atoms with van der Waals surface area (Å²) >= 11 is 0. The molecule has 6 rings (SSSR count). The summed E-state index contributed by atoms with van der Waals surface area (Å²) in [5.74, 6) is -0.684. The van der Waals surface area contributed by atoms with Crippen molar-refractivity contribution in [3.8, 4) is 17.1 Å². The number of aromatic nitrogens is 5. The van der Waals surface area contributed by atoms with Crippen molar-refractivity contribution < 1.29 is 19.0 Å². The van der Waals surface area contributed by atoms with E-state index < -0.39 is 23.9 Å². The van der Waals surface area contributed by atoms with Gasteiger partial charge in [-0.2, -0.15) is 14.9 Å². The van der Waals surface area contributed by atoms with E-state index in [0.29, 0.717) is 33.8 Å². The molecule has 0 atom stereocenters. The fraction of sp³-hybridized carbons (Fsp3) is 0.361. The molecule has 250 valence electrons. The van der Waals surface area contributed by atoms with Crippen molar-refractivity contribution in [1.82, 2.24) is 29.4 Å². The number of carbonyl (C=O) groups excluding carboxylic acids is 1. The molecule has 1 saturated heterocycles. The highest BCUT2D eigenvalue weighted by Crippen LogP contribution is 2.28. The van der Waals surface area contributed by atoms with E-state index in [1.54, 1.807) is 30.5 Å². The van der Waals surface area contributed by atoms with Crippen LogP contribution in [0.25, 0.3) is 22.1 Å². The Labute approximate surface area is 277 Å². The number of amides is 1. The molecule has 1 amide bonds. The number of halogens is 1. The fourth-order valence-electron chi connectivity index (χ4n) is 6.02. The highest BCUT2D eigenvalue weighted by molar-refractivity contribution is 5.94. The summed E-state index contributed by atoms with van der Waals surface area (Å²) in [6.45, 7) is 12.5. The van der Waals surface area contributed by atoms with Crippen LogP contribution < -0.4 is 16.0 Å². The van der Waals surface area contributed by atoms with Crippen LogP contribution in [0.2, 0.25) is 0 Å². The minimum Gasteiger partial charge on any atom is -0.485 e. The van der Waals surface area contributed by atoms with Gasteiger partial charge in [-0.15, -0.1) is 0 Å². The second-order valence-corrected chi connectivity index (χ2v) is 13.9. The maximum absolute atomic E-state index is 15.4. The number of pyridine rings is 1. The summed E-state index contributed by atoms with van der Waals surface area (Å²) < 4.78 is 24.0. The van der Waals surface area contributed by atoms with Crippen LogP contribution in [0, 0.1) is 5.82 Å². The molecule has 0 saturated carbocycles. The molecular weight excluding hydrogens is 613 g/mol. The predicted octanol–water partition coefficient (Wildman–Crippen LogP) is 4.45. The number of primary amides is 1. The summed E-state index contributed by atoms with van der Waals surface area (Å²) in [6.07, 6.45) is 6.00. The summed E-state index contributed by atoms with van der Waals surface area (Å²) in [4.78, 5) is 33.0. The average Bonchev–Trinajstić information content (AvgIpc) is 3.43. The average molecular weight is 654 g/mol. The van der Waals surface area contributed by atoms with Crippen molar-refractivity contribution in [1.29, 1.82) is 0 Å². The van der Waals surface area contributed by atoms with Crippen LogP contribution >= 0.6 is 0 Å². The molecule has 11 nitrogen and oxygen atoms in total. The first-order valence-corrected chi connectivity index (χ1v) is 15.9. The number of nitrogens with two attached hydrogens (primary N) is 1. The second-order valence-electron chi connectivity index (χ2n) is 13.9. The maximum atomic E-state index is 15.4. The van der Waals surface area contributed by atoms with E-state index in [1.165, 1.54) is 29.6 Å². The van der Waals surface area contributed by atoms with Gasteiger partial charge in [0, 0.05) is 35.8 Å². The smallest absolute Gasteiger partial charge is 0.282 e. The lowest BCUT2D eigenvalue weighted by Gasteiger charge is -2.38. The summed E-state index contributed by atoms with van der Waals surface area (Å²) in [5, 5.41) is 19.8. The highest BCUT2D eigenvalue weighted by atomic mass is 19.1. The lowest BCUT2D eigenvalue weighted by atomic mass is 9.86. The topological polar surface area (TPSA) is 141 Å². The van der Waals surface area contributed by atoms with E-state index in [1.807, 2.05) is 46.8 Å². The molecule has 0 bridgehead atoms. The lowest BCUT2D eigenvalue weighted by molar-refractivity contribution is 0.0349. The Balaban J connectivity index is 1.31. The van der Waals surface area contributed by atoms with E-state index in [4.69, 9.17) is 10.5 Å². The van der Waals surface area contributed by atoms with Crippen LogP contribution in [0.15, 0.2) is 65.8 Å². The van der Waals surface area contributed by atoms with Crippen molar-refractivity contribution in [2.75, 3.05) is 19.6 Å². The first kappa shape index (κ1) is 33.0. The number of ether oxygens (including phenoxy) is 1. The van der Waals surface area contributed by atoms with Gasteiger partial charge in [0.25, 0.3) is 11.5 Å². The van der Waals surface area contributed by atoms with Gasteiger partial charge in [-0.05, 0) is 80.7 Å². The normalized spacial score (nSPS) is 13.9. The van der Waals surface area contributed by atoms with Gasteiger partial charge < -0.3 is 15.6 Å². The highest BCUT2D eigenvalue weighted by Gasteiger charge is 2.27. The molecule has 1 fully saturated rings. The first-order chi connectivity index (χ1) is 22.7. The molecular formula is C36H40FN7O4. The maximum Gasteiger partial charge on any atom is 0.282 e. The Morgan fingerprint density at radius 3 is 2.44 bits per heavy atom. The number of carbonyl (C=O) groups is 1. The molecule has 0 radical (unpaired) electrons. The Kier molecular flexibility index (Phi) is 8.65. The molecule has 3 aromatic heterocycles. The molecule has 1 aliphatic heterocycles. The number of rotatable bonds is 10. The van der Waals surface area contributed by atoms with Crippen LogP contribution in [0.1, 0.15) is 73.9 Å². The number of benzene rings is 2. The van der Waals surface area contributed by atoms with Crippen LogP contribution in [-0.2, 0) is 18.4 Å². The number of hydrogen-bond donors (Lipinski definition) is 2. The number of aliphatic hydroxyl groups excluding tert-OH is 1. The zero-order valence-electron chi connectivity index (χ0n) is 27.8. The van der Waals surface area contributed by atoms with Gasteiger partial charge in [0.2, 0.25) is 0 Å². The zero-order valence-corrected chi connectivity index (χ0v) is 27.8. The van der Waals surface area contributed by atoms with E-state index in [-0.39, 0.29) is 34.1 Å². The van der Waals surface area contributed by atoms with Gasteiger partial charge in [-0.25, -0.2) is 9.07 Å². The van der Waals surface area contributed by atoms with E-state index >= 15 is 4.39 Å². The molecule has 4 heterocycles. The van der Waals surface area contributed by atoms with E-state index in [0.717, 1.165) is 29.9 Å². The molecule has 0 spiro atoms. The van der Waals surface area contributed by atoms with Crippen LogP contribution in [0.5, 0.6) is 5.75 Å². The second kappa shape index (κ2) is 12.6. The van der Waals surface area contributed by atoms with Crippen LogP contribution in [-0.4, -0.2) is 65.7 Å². The fourth-order valence-corrected chi connectivity index (χ4v) is 6.02. The van der Waals surface area contributed by atoms with Crippen molar-refractivity contribution in [3.63, 3.8) is 0 Å². The standard InChI is InChI=1S/C36H40FN7O4/c1-35(2,3)23-14-22-17-40-44(34(47)32(22)28(37)15-23)31-9-6-8-30(27(31)20-45)43-19-26(33(38)46)29(41-43)16-24-10-11-25(18-39-24)48-36(4,5)21-42-12-7-13-42/h6,8-11,14-15,17-19,45H,7,12-13,16,20-21H2,1-5H3,(H2,38,46).